The smallest absolute Gasteiger partial charge is 0.335 e. The second kappa shape index (κ2) is 7.85. The lowest BCUT2D eigenvalue weighted by molar-refractivity contribution is 0.0697. The van der Waals surface area contributed by atoms with Crippen LogP contribution in [-0.2, 0) is 11.2 Å². The number of hydrogen-bond acceptors (Lipinski definition) is 2. The van der Waals surface area contributed by atoms with Crippen LogP contribution in [0.4, 0.5) is 0 Å². The summed E-state index contributed by atoms with van der Waals surface area (Å²) in [6.45, 7) is 3.70. The molecule has 1 aromatic rings. The summed E-state index contributed by atoms with van der Waals surface area (Å²) in [7, 11) is 0. The van der Waals surface area contributed by atoms with E-state index in [1.807, 2.05) is 12.1 Å². The highest BCUT2D eigenvalue weighted by atomic mass is 16.5. The Hall–Kier alpha value is -1.35. The molecule has 94 valence electrons. The first kappa shape index (κ1) is 13.7. The van der Waals surface area contributed by atoms with E-state index in [9.17, 15) is 4.79 Å². The molecule has 0 amide bonds. The average Bonchev–Trinajstić information content (AvgIpc) is 2.34. The van der Waals surface area contributed by atoms with Crippen LogP contribution in [0.3, 0.4) is 0 Å². The number of rotatable bonds is 8. The molecule has 0 aliphatic rings. The third-order valence-electron chi connectivity index (χ3n) is 2.63. The number of unbranched alkanes of at least 4 members (excludes halogenated alkanes) is 2. The zero-order valence-electron chi connectivity index (χ0n) is 10.3. The zero-order valence-corrected chi connectivity index (χ0v) is 10.3. The van der Waals surface area contributed by atoms with Gasteiger partial charge in [0, 0.05) is 6.61 Å². The van der Waals surface area contributed by atoms with Crippen molar-refractivity contribution < 1.29 is 14.6 Å². The van der Waals surface area contributed by atoms with E-state index >= 15 is 0 Å². The second-order valence-corrected chi connectivity index (χ2v) is 4.07. The molecule has 0 bridgehead atoms. The fourth-order valence-electron chi connectivity index (χ4n) is 1.56. The van der Waals surface area contributed by atoms with Gasteiger partial charge in [-0.25, -0.2) is 4.79 Å². The van der Waals surface area contributed by atoms with E-state index < -0.39 is 5.97 Å². The normalized spacial score (nSPS) is 10.4. The summed E-state index contributed by atoms with van der Waals surface area (Å²) in [5, 5.41) is 8.75. The van der Waals surface area contributed by atoms with Crippen molar-refractivity contribution >= 4 is 5.97 Å². The molecular formula is C14H20O3. The maximum absolute atomic E-state index is 10.6. The fraction of sp³-hybridized carbons (Fsp3) is 0.500. The van der Waals surface area contributed by atoms with Crippen molar-refractivity contribution in [1.82, 2.24) is 0 Å². The summed E-state index contributed by atoms with van der Waals surface area (Å²) in [4.78, 5) is 10.6. The Morgan fingerprint density at radius 3 is 2.47 bits per heavy atom. The van der Waals surface area contributed by atoms with Crippen LogP contribution in [0.2, 0.25) is 0 Å². The van der Waals surface area contributed by atoms with Crippen LogP contribution >= 0.6 is 0 Å². The molecule has 3 heteroatoms. The number of aromatic carboxylic acids is 1. The molecule has 0 heterocycles. The Kier molecular flexibility index (Phi) is 6.33. The maximum Gasteiger partial charge on any atom is 0.335 e. The van der Waals surface area contributed by atoms with E-state index in [4.69, 9.17) is 9.84 Å². The molecule has 3 nitrogen and oxygen atoms in total. The Balaban J connectivity index is 2.21. The monoisotopic (exact) mass is 236 g/mol. The van der Waals surface area contributed by atoms with Gasteiger partial charge in [-0.2, -0.15) is 0 Å². The summed E-state index contributed by atoms with van der Waals surface area (Å²) in [6.07, 6.45) is 4.38. The van der Waals surface area contributed by atoms with Crippen LogP contribution < -0.4 is 0 Å². The van der Waals surface area contributed by atoms with Gasteiger partial charge < -0.3 is 9.84 Å². The highest BCUT2D eigenvalue weighted by Gasteiger charge is 2.01. The van der Waals surface area contributed by atoms with Gasteiger partial charge in [-0.15, -0.1) is 0 Å². The molecule has 0 saturated carbocycles. The summed E-state index contributed by atoms with van der Waals surface area (Å²) in [5.41, 5.74) is 1.45. The van der Waals surface area contributed by atoms with Gasteiger partial charge in [0.2, 0.25) is 0 Å². The molecular weight excluding hydrogens is 216 g/mol. The molecule has 0 fully saturated rings. The van der Waals surface area contributed by atoms with Gasteiger partial charge >= 0.3 is 5.97 Å². The zero-order chi connectivity index (χ0) is 12.5. The average molecular weight is 236 g/mol. The van der Waals surface area contributed by atoms with Crippen LogP contribution in [0.1, 0.15) is 42.1 Å². The first-order chi connectivity index (χ1) is 8.24. The van der Waals surface area contributed by atoms with E-state index in [2.05, 4.69) is 6.92 Å². The van der Waals surface area contributed by atoms with Crippen LogP contribution in [0.25, 0.3) is 0 Å². The van der Waals surface area contributed by atoms with Gasteiger partial charge in [0.05, 0.1) is 12.2 Å². The highest BCUT2D eigenvalue weighted by Crippen LogP contribution is 2.05. The van der Waals surface area contributed by atoms with Crippen molar-refractivity contribution in [1.29, 1.82) is 0 Å². The standard InChI is InChI=1S/C14H20O3/c1-2-3-4-10-17-11-9-12-5-7-13(8-6-12)14(15)16/h5-8H,2-4,9-11H2,1H3,(H,15,16). The van der Waals surface area contributed by atoms with Crippen molar-refractivity contribution in [2.75, 3.05) is 13.2 Å². The first-order valence-electron chi connectivity index (χ1n) is 6.14. The Morgan fingerprint density at radius 1 is 1.18 bits per heavy atom. The Labute approximate surface area is 102 Å². The number of carboxylic acids is 1. The summed E-state index contributed by atoms with van der Waals surface area (Å²) in [6, 6.07) is 6.96. The van der Waals surface area contributed by atoms with Crippen molar-refractivity contribution in [2.24, 2.45) is 0 Å². The third-order valence-corrected chi connectivity index (χ3v) is 2.63. The van der Waals surface area contributed by atoms with Crippen LogP contribution in [-0.4, -0.2) is 24.3 Å². The lowest BCUT2D eigenvalue weighted by Gasteiger charge is -2.04. The summed E-state index contributed by atoms with van der Waals surface area (Å²) >= 11 is 0. The molecule has 0 radical (unpaired) electrons. The number of carbonyl (C=O) groups is 1. The number of ether oxygens (including phenoxy) is 1. The third kappa shape index (κ3) is 5.50. The van der Waals surface area contributed by atoms with E-state index in [0.29, 0.717) is 12.2 Å². The quantitative estimate of drug-likeness (QED) is 0.705. The number of hydrogen-bond donors (Lipinski definition) is 1. The molecule has 0 aliphatic heterocycles. The molecule has 0 atom stereocenters. The highest BCUT2D eigenvalue weighted by molar-refractivity contribution is 5.87. The lowest BCUT2D eigenvalue weighted by atomic mass is 10.1. The molecule has 1 rings (SSSR count). The minimum atomic E-state index is -0.882. The molecule has 0 aromatic heterocycles. The van der Waals surface area contributed by atoms with E-state index in [0.717, 1.165) is 25.0 Å². The molecule has 0 spiro atoms. The predicted molar refractivity (Wildman–Crippen MR) is 67.4 cm³/mol. The van der Waals surface area contributed by atoms with Crippen LogP contribution in [0, 0.1) is 0 Å². The van der Waals surface area contributed by atoms with E-state index in [1.165, 1.54) is 12.8 Å². The second-order valence-electron chi connectivity index (χ2n) is 4.07. The van der Waals surface area contributed by atoms with Crippen molar-refractivity contribution in [3.63, 3.8) is 0 Å². The van der Waals surface area contributed by atoms with Gasteiger partial charge in [-0.05, 0) is 30.5 Å². The largest absolute Gasteiger partial charge is 0.478 e. The van der Waals surface area contributed by atoms with Gasteiger partial charge in [-0.1, -0.05) is 31.9 Å². The number of benzene rings is 1. The van der Waals surface area contributed by atoms with Crippen molar-refractivity contribution in [3.05, 3.63) is 35.4 Å². The fourth-order valence-corrected chi connectivity index (χ4v) is 1.56. The van der Waals surface area contributed by atoms with Gasteiger partial charge in [0.25, 0.3) is 0 Å². The predicted octanol–water partition coefficient (Wildman–Crippen LogP) is 3.13. The Morgan fingerprint density at radius 2 is 1.88 bits per heavy atom. The molecule has 1 N–H and O–H groups in total. The van der Waals surface area contributed by atoms with Crippen LogP contribution in [0.15, 0.2) is 24.3 Å². The van der Waals surface area contributed by atoms with Crippen LogP contribution in [0.5, 0.6) is 0 Å². The van der Waals surface area contributed by atoms with Crippen molar-refractivity contribution in [2.45, 2.75) is 32.6 Å². The summed E-state index contributed by atoms with van der Waals surface area (Å²) in [5.74, 6) is -0.882. The molecule has 17 heavy (non-hydrogen) atoms. The molecule has 1 aromatic carbocycles. The van der Waals surface area contributed by atoms with E-state index in [1.54, 1.807) is 12.1 Å². The van der Waals surface area contributed by atoms with Gasteiger partial charge in [0.15, 0.2) is 0 Å². The molecule has 0 saturated heterocycles. The topological polar surface area (TPSA) is 46.5 Å². The van der Waals surface area contributed by atoms with Gasteiger partial charge in [0.1, 0.15) is 0 Å². The SMILES string of the molecule is CCCCCOCCc1ccc(C(=O)O)cc1. The molecule has 0 unspecified atom stereocenters. The van der Waals surface area contributed by atoms with Gasteiger partial charge in [-0.3, -0.25) is 0 Å². The summed E-state index contributed by atoms with van der Waals surface area (Å²) < 4.78 is 5.50. The molecule has 0 aliphatic carbocycles. The van der Waals surface area contributed by atoms with E-state index in [-0.39, 0.29) is 0 Å². The maximum atomic E-state index is 10.6. The Bertz CT molecular complexity index is 330. The minimum Gasteiger partial charge on any atom is -0.478 e. The lowest BCUT2D eigenvalue weighted by Crippen LogP contribution is -2.01. The minimum absolute atomic E-state index is 0.331. The van der Waals surface area contributed by atoms with Crippen molar-refractivity contribution in [3.8, 4) is 0 Å². The first-order valence-corrected chi connectivity index (χ1v) is 6.14. The number of carboxylic acid groups (broad SMARTS) is 1.